The Morgan fingerprint density at radius 1 is 1.24 bits per heavy atom. The number of benzene rings is 2. The number of nitrogen functional groups attached to an aromatic ring is 1. The zero-order chi connectivity index (χ0) is 15.4. The number of methoxy groups -OCH3 is 1. The smallest absolute Gasteiger partial charge is 0.161 e. The molecule has 0 saturated carbocycles. The largest absolute Gasteiger partial charge is 0.493 e. The molecule has 3 N–H and O–H groups in total. The molecule has 0 unspecified atom stereocenters. The number of hydrogen-bond donors (Lipinski definition) is 2. The summed E-state index contributed by atoms with van der Waals surface area (Å²) in [5, 5.41) is 7.40. The van der Waals surface area contributed by atoms with Crippen LogP contribution in [0.5, 0.6) is 11.5 Å². The highest BCUT2D eigenvalue weighted by Gasteiger charge is 2.08. The van der Waals surface area contributed by atoms with Gasteiger partial charge in [0.25, 0.3) is 0 Å². The van der Waals surface area contributed by atoms with E-state index in [1.807, 2.05) is 0 Å². The van der Waals surface area contributed by atoms with Crippen molar-refractivity contribution in [3.05, 3.63) is 57.8 Å². The van der Waals surface area contributed by atoms with Gasteiger partial charge in [-0.05, 0) is 51.8 Å². The number of ether oxygens (including phenoxy) is 2. The third-order valence-corrected chi connectivity index (χ3v) is 3.46. The number of halogens is 2. The Morgan fingerprint density at radius 3 is 2.62 bits per heavy atom. The van der Waals surface area contributed by atoms with Crippen molar-refractivity contribution in [2.75, 3.05) is 7.11 Å². The molecule has 0 aliphatic rings. The molecule has 0 amide bonds. The zero-order valence-electron chi connectivity index (χ0n) is 11.3. The predicted octanol–water partition coefficient (Wildman–Crippen LogP) is 3.46. The molecule has 0 bridgehead atoms. The first-order valence-corrected chi connectivity index (χ1v) is 6.89. The van der Waals surface area contributed by atoms with Crippen molar-refractivity contribution in [1.29, 1.82) is 5.41 Å². The van der Waals surface area contributed by atoms with Crippen LogP contribution >= 0.6 is 15.9 Å². The second-order valence-corrected chi connectivity index (χ2v) is 5.17. The molecule has 2 aromatic rings. The van der Waals surface area contributed by atoms with Gasteiger partial charge in [0.15, 0.2) is 11.5 Å². The van der Waals surface area contributed by atoms with Gasteiger partial charge < -0.3 is 15.2 Å². The Hall–Kier alpha value is -2.08. The summed E-state index contributed by atoms with van der Waals surface area (Å²) in [4.78, 5) is 0. The van der Waals surface area contributed by atoms with Gasteiger partial charge >= 0.3 is 0 Å². The standard InChI is InChI=1S/C15H14BrFN2O2/c1-20-14-7-10(15(18)19)3-5-13(14)21-8-9-2-4-12(17)11(16)6-9/h2-7H,8H2,1H3,(H3,18,19). The first kappa shape index (κ1) is 15.3. The van der Waals surface area contributed by atoms with Crippen molar-refractivity contribution in [3.63, 3.8) is 0 Å². The summed E-state index contributed by atoms with van der Waals surface area (Å²) in [5.74, 6) is 0.663. The van der Waals surface area contributed by atoms with Gasteiger partial charge in [0.2, 0.25) is 0 Å². The highest BCUT2D eigenvalue weighted by atomic mass is 79.9. The lowest BCUT2D eigenvalue weighted by atomic mass is 10.2. The fourth-order valence-corrected chi connectivity index (χ4v) is 2.17. The second-order valence-electron chi connectivity index (χ2n) is 4.32. The molecule has 0 atom stereocenters. The molecule has 4 nitrogen and oxygen atoms in total. The van der Waals surface area contributed by atoms with E-state index >= 15 is 0 Å². The van der Waals surface area contributed by atoms with Gasteiger partial charge in [-0.25, -0.2) is 4.39 Å². The first-order valence-electron chi connectivity index (χ1n) is 6.10. The fourth-order valence-electron chi connectivity index (χ4n) is 1.74. The molecule has 0 heterocycles. The van der Waals surface area contributed by atoms with E-state index in [1.54, 1.807) is 30.3 Å². The summed E-state index contributed by atoms with van der Waals surface area (Å²) < 4.78 is 24.4. The van der Waals surface area contributed by atoms with Crippen molar-refractivity contribution >= 4 is 21.8 Å². The molecule has 6 heteroatoms. The molecular weight excluding hydrogens is 339 g/mol. The monoisotopic (exact) mass is 352 g/mol. The van der Waals surface area contributed by atoms with Crippen LogP contribution in [0.25, 0.3) is 0 Å². The zero-order valence-corrected chi connectivity index (χ0v) is 12.9. The lowest BCUT2D eigenvalue weighted by molar-refractivity contribution is 0.284. The minimum Gasteiger partial charge on any atom is -0.493 e. The Balaban J connectivity index is 2.15. The van der Waals surface area contributed by atoms with E-state index in [0.29, 0.717) is 21.5 Å². The van der Waals surface area contributed by atoms with Crippen molar-refractivity contribution in [3.8, 4) is 11.5 Å². The van der Waals surface area contributed by atoms with Crippen LogP contribution in [0, 0.1) is 11.2 Å². The molecule has 0 aliphatic heterocycles. The van der Waals surface area contributed by atoms with Crippen LogP contribution in [0.2, 0.25) is 0 Å². The molecule has 0 radical (unpaired) electrons. The van der Waals surface area contributed by atoms with Gasteiger partial charge in [-0.15, -0.1) is 0 Å². The maximum Gasteiger partial charge on any atom is 0.161 e. The Labute approximate surface area is 130 Å². The van der Waals surface area contributed by atoms with E-state index in [-0.39, 0.29) is 18.3 Å². The van der Waals surface area contributed by atoms with Crippen LogP contribution in [0.15, 0.2) is 40.9 Å². The molecule has 0 aliphatic carbocycles. The van der Waals surface area contributed by atoms with Gasteiger partial charge in [0.1, 0.15) is 18.3 Å². The SMILES string of the molecule is COc1cc(C(=N)N)ccc1OCc1ccc(F)c(Br)c1. The van der Waals surface area contributed by atoms with Gasteiger partial charge in [0, 0.05) is 5.56 Å². The van der Waals surface area contributed by atoms with E-state index in [1.165, 1.54) is 13.2 Å². The molecule has 2 aromatic carbocycles. The Morgan fingerprint density at radius 2 is 2.00 bits per heavy atom. The number of hydrogen-bond acceptors (Lipinski definition) is 3. The molecule has 110 valence electrons. The third kappa shape index (κ3) is 3.72. The number of nitrogens with two attached hydrogens (primary N) is 1. The topological polar surface area (TPSA) is 68.3 Å². The molecule has 0 aromatic heterocycles. The summed E-state index contributed by atoms with van der Waals surface area (Å²) in [6, 6.07) is 9.69. The van der Waals surface area contributed by atoms with Crippen LogP contribution in [0.3, 0.4) is 0 Å². The van der Waals surface area contributed by atoms with Crippen LogP contribution < -0.4 is 15.2 Å². The first-order chi connectivity index (χ1) is 10.0. The summed E-state index contributed by atoms with van der Waals surface area (Å²) >= 11 is 3.13. The minimum atomic E-state index is -0.317. The molecule has 0 saturated heterocycles. The third-order valence-electron chi connectivity index (χ3n) is 2.85. The summed E-state index contributed by atoms with van der Waals surface area (Å²) in [6.45, 7) is 0.272. The Bertz CT molecular complexity index is 677. The van der Waals surface area contributed by atoms with E-state index < -0.39 is 0 Å². The van der Waals surface area contributed by atoms with Gasteiger partial charge in [-0.2, -0.15) is 0 Å². The number of nitrogens with one attached hydrogen (secondary N) is 1. The highest BCUT2D eigenvalue weighted by molar-refractivity contribution is 9.10. The van der Waals surface area contributed by atoms with Crippen molar-refractivity contribution in [2.45, 2.75) is 6.61 Å². The number of rotatable bonds is 5. The van der Waals surface area contributed by atoms with E-state index in [2.05, 4.69) is 15.9 Å². The van der Waals surface area contributed by atoms with Crippen molar-refractivity contribution in [2.24, 2.45) is 5.73 Å². The number of amidine groups is 1. The van der Waals surface area contributed by atoms with Gasteiger partial charge in [-0.1, -0.05) is 6.07 Å². The van der Waals surface area contributed by atoms with Gasteiger partial charge in [-0.3, -0.25) is 5.41 Å². The maximum atomic E-state index is 13.2. The summed E-state index contributed by atoms with van der Waals surface area (Å²) in [5.41, 5.74) is 6.81. The molecule has 0 spiro atoms. The van der Waals surface area contributed by atoms with Crippen LogP contribution in [0.4, 0.5) is 4.39 Å². The maximum absolute atomic E-state index is 13.2. The average Bonchev–Trinajstić information content (AvgIpc) is 2.48. The lowest BCUT2D eigenvalue weighted by Crippen LogP contribution is -2.11. The lowest BCUT2D eigenvalue weighted by Gasteiger charge is -2.12. The van der Waals surface area contributed by atoms with Crippen LogP contribution in [-0.4, -0.2) is 12.9 Å². The average molecular weight is 353 g/mol. The predicted molar refractivity (Wildman–Crippen MR) is 82.4 cm³/mol. The molecular formula is C15H14BrFN2O2. The van der Waals surface area contributed by atoms with Crippen molar-refractivity contribution in [1.82, 2.24) is 0 Å². The summed E-state index contributed by atoms with van der Waals surface area (Å²) in [6.07, 6.45) is 0. The molecule has 0 fully saturated rings. The molecule has 2 rings (SSSR count). The van der Waals surface area contributed by atoms with Crippen molar-refractivity contribution < 1.29 is 13.9 Å². The Kier molecular flexibility index (Phi) is 4.80. The fraction of sp³-hybridized carbons (Fsp3) is 0.133. The van der Waals surface area contributed by atoms with Gasteiger partial charge in [0.05, 0.1) is 11.6 Å². The second kappa shape index (κ2) is 6.58. The normalized spacial score (nSPS) is 10.2. The quantitative estimate of drug-likeness (QED) is 0.639. The summed E-state index contributed by atoms with van der Waals surface area (Å²) in [7, 11) is 1.51. The van der Waals surface area contributed by atoms with E-state index in [0.717, 1.165) is 5.56 Å². The highest BCUT2D eigenvalue weighted by Crippen LogP contribution is 2.29. The van der Waals surface area contributed by atoms with E-state index in [9.17, 15) is 4.39 Å². The minimum absolute atomic E-state index is 0.0395. The van der Waals surface area contributed by atoms with Crippen LogP contribution in [-0.2, 0) is 6.61 Å². The van der Waals surface area contributed by atoms with Crippen LogP contribution in [0.1, 0.15) is 11.1 Å². The van der Waals surface area contributed by atoms with E-state index in [4.69, 9.17) is 20.6 Å². The molecule has 21 heavy (non-hydrogen) atoms.